The molecule has 1 saturated heterocycles. The van der Waals surface area contributed by atoms with E-state index < -0.39 is 11.8 Å². The topological polar surface area (TPSA) is 67.9 Å². The lowest BCUT2D eigenvalue weighted by Gasteiger charge is -2.38. The van der Waals surface area contributed by atoms with Gasteiger partial charge >= 0.3 is 11.8 Å². The van der Waals surface area contributed by atoms with E-state index in [4.69, 9.17) is 0 Å². The van der Waals surface area contributed by atoms with Gasteiger partial charge in [-0.1, -0.05) is 42.5 Å². The van der Waals surface area contributed by atoms with Gasteiger partial charge in [0.25, 0.3) is 0 Å². The normalized spacial score (nSPS) is 15.8. The van der Waals surface area contributed by atoms with Crippen LogP contribution in [0.4, 0.5) is 5.69 Å². The van der Waals surface area contributed by atoms with Gasteiger partial charge < -0.3 is 20.4 Å². The Morgan fingerprint density at radius 2 is 1.52 bits per heavy atom. The third-order valence-electron chi connectivity index (χ3n) is 5.73. The van der Waals surface area contributed by atoms with Crippen molar-refractivity contribution in [2.75, 3.05) is 58.8 Å². The predicted octanol–water partition coefficient (Wildman–Crippen LogP) is 1.47. The van der Waals surface area contributed by atoms with Crippen molar-refractivity contribution in [1.82, 2.24) is 20.4 Å². The maximum atomic E-state index is 12.4. The highest BCUT2D eigenvalue weighted by atomic mass is 16.2. The lowest BCUT2D eigenvalue weighted by atomic mass is 10.0. The molecule has 2 N–H and O–H groups in total. The number of amides is 2. The summed E-state index contributed by atoms with van der Waals surface area (Å²) in [6.45, 7) is 4.54. The summed E-state index contributed by atoms with van der Waals surface area (Å²) in [5.41, 5.74) is 3.23. The minimum Gasteiger partial charge on any atom is -0.378 e. The van der Waals surface area contributed by atoms with Gasteiger partial charge in [-0.3, -0.25) is 14.5 Å². The van der Waals surface area contributed by atoms with Gasteiger partial charge in [0.05, 0.1) is 6.04 Å². The van der Waals surface area contributed by atoms with Crippen LogP contribution in [0.15, 0.2) is 54.6 Å². The standard InChI is InChI=1S/C24H33N5O2/c1-27(2)21-11-9-20(10-12-21)22(29-15-13-28(3)14-16-29)18-26-24(31)23(30)25-17-19-7-5-4-6-8-19/h4-12,22H,13-18H2,1-3H3,(H,25,30)(H,26,31)/t22-/m1/s1. The number of benzene rings is 2. The Morgan fingerprint density at radius 3 is 2.13 bits per heavy atom. The minimum atomic E-state index is -0.607. The maximum absolute atomic E-state index is 12.4. The SMILES string of the molecule is CN1CCN([C@H](CNC(=O)C(=O)NCc2ccccc2)c2ccc(N(C)C)cc2)CC1. The number of carbonyl (C=O) groups is 2. The van der Waals surface area contributed by atoms with Gasteiger partial charge in [0.1, 0.15) is 0 Å². The highest BCUT2D eigenvalue weighted by molar-refractivity contribution is 6.35. The molecular weight excluding hydrogens is 390 g/mol. The second kappa shape index (κ2) is 10.9. The first-order valence-corrected chi connectivity index (χ1v) is 10.7. The number of carbonyl (C=O) groups excluding carboxylic acids is 2. The predicted molar refractivity (Wildman–Crippen MR) is 124 cm³/mol. The largest absolute Gasteiger partial charge is 0.378 e. The zero-order valence-corrected chi connectivity index (χ0v) is 18.7. The van der Waals surface area contributed by atoms with Crippen molar-refractivity contribution in [2.24, 2.45) is 0 Å². The fourth-order valence-electron chi connectivity index (χ4n) is 3.71. The van der Waals surface area contributed by atoms with E-state index >= 15 is 0 Å². The Balaban J connectivity index is 1.62. The summed E-state index contributed by atoms with van der Waals surface area (Å²) in [4.78, 5) is 31.4. The summed E-state index contributed by atoms with van der Waals surface area (Å²) in [5, 5.41) is 5.54. The van der Waals surface area contributed by atoms with E-state index in [2.05, 4.69) is 56.6 Å². The molecule has 31 heavy (non-hydrogen) atoms. The van der Waals surface area contributed by atoms with Crippen molar-refractivity contribution in [3.63, 3.8) is 0 Å². The average molecular weight is 424 g/mol. The van der Waals surface area contributed by atoms with E-state index in [0.717, 1.165) is 43.0 Å². The first kappa shape index (κ1) is 22.8. The zero-order valence-electron chi connectivity index (χ0n) is 18.7. The molecule has 166 valence electrons. The Labute approximate surface area is 185 Å². The lowest BCUT2D eigenvalue weighted by molar-refractivity contribution is -0.139. The number of nitrogens with one attached hydrogen (secondary N) is 2. The number of likely N-dealkylation sites (N-methyl/N-ethyl adjacent to an activating group) is 1. The molecule has 0 spiro atoms. The summed E-state index contributed by atoms with van der Waals surface area (Å²) in [5.74, 6) is -1.20. The van der Waals surface area contributed by atoms with Gasteiger partial charge in [0, 0.05) is 59.1 Å². The van der Waals surface area contributed by atoms with Crippen LogP contribution in [0.3, 0.4) is 0 Å². The molecule has 2 aromatic carbocycles. The molecule has 3 rings (SSSR count). The van der Waals surface area contributed by atoms with Crippen LogP contribution in [-0.2, 0) is 16.1 Å². The van der Waals surface area contributed by atoms with Gasteiger partial charge in [0.15, 0.2) is 0 Å². The first-order valence-electron chi connectivity index (χ1n) is 10.7. The van der Waals surface area contributed by atoms with Crippen LogP contribution < -0.4 is 15.5 Å². The summed E-state index contributed by atoms with van der Waals surface area (Å²) >= 11 is 0. The fraction of sp³-hybridized carbons (Fsp3) is 0.417. The van der Waals surface area contributed by atoms with Crippen LogP contribution in [0.1, 0.15) is 17.2 Å². The molecule has 7 nitrogen and oxygen atoms in total. The summed E-state index contributed by atoms with van der Waals surface area (Å²) in [6.07, 6.45) is 0. The van der Waals surface area contributed by atoms with Crippen LogP contribution in [0, 0.1) is 0 Å². The molecule has 0 unspecified atom stereocenters. The molecule has 2 aromatic rings. The summed E-state index contributed by atoms with van der Waals surface area (Å²) in [6, 6.07) is 18.0. The monoisotopic (exact) mass is 423 g/mol. The summed E-state index contributed by atoms with van der Waals surface area (Å²) in [7, 11) is 6.15. The van der Waals surface area contributed by atoms with Crippen molar-refractivity contribution in [3.05, 3.63) is 65.7 Å². The zero-order chi connectivity index (χ0) is 22.2. The van der Waals surface area contributed by atoms with Crippen molar-refractivity contribution in [3.8, 4) is 0 Å². The lowest BCUT2D eigenvalue weighted by Crippen LogP contribution is -2.49. The number of anilines is 1. The number of hydrogen-bond acceptors (Lipinski definition) is 5. The Morgan fingerprint density at radius 1 is 0.903 bits per heavy atom. The first-order chi connectivity index (χ1) is 14.9. The van der Waals surface area contributed by atoms with Crippen LogP contribution in [0.2, 0.25) is 0 Å². The van der Waals surface area contributed by atoms with E-state index in [9.17, 15) is 9.59 Å². The molecule has 1 fully saturated rings. The molecule has 2 amide bonds. The molecule has 7 heteroatoms. The van der Waals surface area contributed by atoms with Gasteiger partial charge in [-0.05, 0) is 30.3 Å². The van der Waals surface area contributed by atoms with Crippen molar-refractivity contribution in [1.29, 1.82) is 0 Å². The second-order valence-electron chi connectivity index (χ2n) is 8.22. The van der Waals surface area contributed by atoms with Gasteiger partial charge in [0.2, 0.25) is 0 Å². The molecule has 1 aliphatic heterocycles. The van der Waals surface area contributed by atoms with Crippen molar-refractivity contribution >= 4 is 17.5 Å². The third kappa shape index (κ3) is 6.54. The van der Waals surface area contributed by atoms with E-state index in [0.29, 0.717) is 13.1 Å². The highest BCUT2D eigenvalue weighted by Gasteiger charge is 2.25. The van der Waals surface area contributed by atoms with E-state index in [1.807, 2.05) is 44.4 Å². The Hall–Kier alpha value is -2.90. The molecule has 1 atom stereocenters. The molecule has 0 saturated carbocycles. The minimum absolute atomic E-state index is 0.0239. The van der Waals surface area contributed by atoms with E-state index in [1.54, 1.807) is 0 Å². The Bertz CT molecular complexity index is 846. The third-order valence-corrected chi connectivity index (χ3v) is 5.73. The fourth-order valence-corrected chi connectivity index (χ4v) is 3.71. The molecule has 0 bridgehead atoms. The number of nitrogens with zero attached hydrogens (tertiary/aromatic N) is 3. The smallest absolute Gasteiger partial charge is 0.309 e. The van der Waals surface area contributed by atoms with Gasteiger partial charge in [-0.2, -0.15) is 0 Å². The summed E-state index contributed by atoms with van der Waals surface area (Å²) < 4.78 is 0. The molecule has 0 aromatic heterocycles. The van der Waals surface area contributed by atoms with Gasteiger partial charge in [-0.15, -0.1) is 0 Å². The number of piperazine rings is 1. The van der Waals surface area contributed by atoms with Crippen molar-refractivity contribution in [2.45, 2.75) is 12.6 Å². The number of rotatable bonds is 7. The maximum Gasteiger partial charge on any atom is 0.309 e. The molecule has 0 aliphatic carbocycles. The average Bonchev–Trinajstić information content (AvgIpc) is 2.79. The number of hydrogen-bond donors (Lipinski definition) is 2. The van der Waals surface area contributed by atoms with Crippen LogP contribution >= 0.6 is 0 Å². The van der Waals surface area contributed by atoms with E-state index in [1.165, 1.54) is 0 Å². The molecule has 1 heterocycles. The Kier molecular flexibility index (Phi) is 8.03. The molecule has 1 aliphatic rings. The van der Waals surface area contributed by atoms with Crippen LogP contribution in [0.5, 0.6) is 0 Å². The van der Waals surface area contributed by atoms with Gasteiger partial charge in [-0.25, -0.2) is 0 Å². The second-order valence-corrected chi connectivity index (χ2v) is 8.22. The van der Waals surface area contributed by atoms with Crippen LogP contribution in [0.25, 0.3) is 0 Å². The quantitative estimate of drug-likeness (QED) is 0.661. The molecular formula is C24H33N5O2. The highest BCUT2D eigenvalue weighted by Crippen LogP contribution is 2.24. The molecule has 0 radical (unpaired) electrons. The van der Waals surface area contributed by atoms with Crippen LogP contribution in [-0.4, -0.2) is 75.5 Å². The van der Waals surface area contributed by atoms with E-state index in [-0.39, 0.29) is 6.04 Å². The van der Waals surface area contributed by atoms with Crippen molar-refractivity contribution < 1.29 is 9.59 Å².